The molecule has 3 rings (SSSR count). The molecule has 1 aromatic carbocycles. The molecular formula is C15H19ClN2O. The van der Waals surface area contributed by atoms with Gasteiger partial charge < -0.3 is 9.30 Å². The summed E-state index contributed by atoms with van der Waals surface area (Å²) < 4.78 is 7.73. The Balaban J connectivity index is 1.98. The second-order valence-corrected chi connectivity index (χ2v) is 5.54. The van der Waals surface area contributed by atoms with E-state index >= 15 is 0 Å². The molecule has 0 saturated carbocycles. The van der Waals surface area contributed by atoms with Crippen LogP contribution in [0, 0.1) is 12.8 Å². The van der Waals surface area contributed by atoms with Crippen molar-refractivity contribution in [3.63, 3.8) is 0 Å². The third-order valence-corrected chi connectivity index (χ3v) is 4.20. The highest BCUT2D eigenvalue weighted by molar-refractivity contribution is 6.16. The third kappa shape index (κ3) is 2.49. The van der Waals surface area contributed by atoms with Crippen LogP contribution in [0.5, 0.6) is 0 Å². The van der Waals surface area contributed by atoms with E-state index in [-0.39, 0.29) is 0 Å². The fraction of sp³-hybridized carbons (Fsp3) is 0.533. The predicted molar refractivity (Wildman–Crippen MR) is 77.6 cm³/mol. The van der Waals surface area contributed by atoms with Crippen molar-refractivity contribution < 1.29 is 4.74 Å². The van der Waals surface area contributed by atoms with Gasteiger partial charge in [0.15, 0.2) is 0 Å². The van der Waals surface area contributed by atoms with Crippen LogP contribution in [0.25, 0.3) is 11.0 Å². The van der Waals surface area contributed by atoms with Crippen molar-refractivity contribution in [1.29, 1.82) is 0 Å². The van der Waals surface area contributed by atoms with Crippen LogP contribution in [-0.4, -0.2) is 22.8 Å². The van der Waals surface area contributed by atoms with E-state index in [0.29, 0.717) is 11.8 Å². The van der Waals surface area contributed by atoms with Crippen LogP contribution in [0.15, 0.2) is 18.2 Å². The number of para-hydroxylation sites is 1. The van der Waals surface area contributed by atoms with Crippen LogP contribution < -0.4 is 0 Å². The van der Waals surface area contributed by atoms with E-state index < -0.39 is 0 Å². The molecule has 0 aliphatic carbocycles. The largest absolute Gasteiger partial charge is 0.381 e. The number of nitrogens with zero attached hydrogens (tertiary/aromatic N) is 2. The molecule has 19 heavy (non-hydrogen) atoms. The summed E-state index contributed by atoms with van der Waals surface area (Å²) in [5, 5.41) is 0. The van der Waals surface area contributed by atoms with Gasteiger partial charge in [-0.25, -0.2) is 4.98 Å². The van der Waals surface area contributed by atoms with Crippen molar-refractivity contribution in [3.05, 3.63) is 29.6 Å². The van der Waals surface area contributed by atoms with E-state index in [1.807, 2.05) is 0 Å². The number of hydrogen-bond donors (Lipinski definition) is 0. The van der Waals surface area contributed by atoms with Gasteiger partial charge in [-0.1, -0.05) is 12.1 Å². The van der Waals surface area contributed by atoms with Crippen LogP contribution in [0.3, 0.4) is 0 Å². The SMILES string of the molecule is Cc1cccc2c1nc(CCl)n2CC1CCOCC1. The molecule has 4 heteroatoms. The standard InChI is InChI=1S/C15H19ClN2O/c1-11-3-2-4-13-15(11)17-14(9-16)18(13)10-12-5-7-19-8-6-12/h2-4,12H,5-10H2,1H3. The number of rotatable bonds is 3. The molecule has 1 saturated heterocycles. The normalized spacial score (nSPS) is 17.2. The third-order valence-electron chi connectivity index (χ3n) is 3.96. The first-order valence-electron chi connectivity index (χ1n) is 6.88. The zero-order valence-corrected chi connectivity index (χ0v) is 12.0. The van der Waals surface area contributed by atoms with Crippen LogP contribution in [0.2, 0.25) is 0 Å². The van der Waals surface area contributed by atoms with E-state index in [1.54, 1.807) is 0 Å². The molecule has 0 spiro atoms. The minimum Gasteiger partial charge on any atom is -0.381 e. The zero-order valence-electron chi connectivity index (χ0n) is 11.2. The van der Waals surface area contributed by atoms with E-state index in [2.05, 4.69) is 29.7 Å². The van der Waals surface area contributed by atoms with Gasteiger partial charge in [0, 0.05) is 19.8 Å². The van der Waals surface area contributed by atoms with Crippen molar-refractivity contribution in [3.8, 4) is 0 Å². The first-order chi connectivity index (χ1) is 9.29. The first-order valence-corrected chi connectivity index (χ1v) is 7.41. The van der Waals surface area contributed by atoms with Gasteiger partial charge in [0.1, 0.15) is 5.82 Å². The molecule has 1 fully saturated rings. The minimum absolute atomic E-state index is 0.470. The van der Waals surface area contributed by atoms with E-state index in [0.717, 1.165) is 43.9 Å². The molecule has 0 radical (unpaired) electrons. The summed E-state index contributed by atoms with van der Waals surface area (Å²) in [5.74, 6) is 2.13. The highest BCUT2D eigenvalue weighted by Crippen LogP contribution is 2.24. The fourth-order valence-corrected chi connectivity index (χ4v) is 3.03. The van der Waals surface area contributed by atoms with Crippen molar-refractivity contribution in [2.45, 2.75) is 32.2 Å². The number of aryl methyl sites for hydroxylation is 1. The van der Waals surface area contributed by atoms with Gasteiger partial charge in [-0.05, 0) is 37.3 Å². The summed E-state index contributed by atoms with van der Waals surface area (Å²) in [6, 6.07) is 6.34. The molecule has 0 atom stereocenters. The van der Waals surface area contributed by atoms with Crippen LogP contribution >= 0.6 is 11.6 Å². The Labute approximate surface area is 118 Å². The van der Waals surface area contributed by atoms with Gasteiger partial charge in [0.05, 0.1) is 16.9 Å². The van der Waals surface area contributed by atoms with E-state index in [9.17, 15) is 0 Å². The number of aromatic nitrogens is 2. The maximum absolute atomic E-state index is 6.07. The van der Waals surface area contributed by atoms with Crippen LogP contribution in [-0.2, 0) is 17.2 Å². The second kappa shape index (κ2) is 5.51. The smallest absolute Gasteiger partial charge is 0.124 e. The molecule has 2 heterocycles. The van der Waals surface area contributed by atoms with E-state index in [4.69, 9.17) is 21.3 Å². The van der Waals surface area contributed by atoms with Gasteiger partial charge in [-0.15, -0.1) is 11.6 Å². The van der Waals surface area contributed by atoms with Gasteiger partial charge >= 0.3 is 0 Å². The van der Waals surface area contributed by atoms with Crippen molar-refractivity contribution in [2.24, 2.45) is 5.92 Å². The summed E-state index contributed by atoms with van der Waals surface area (Å²) in [6.07, 6.45) is 2.26. The molecule has 0 N–H and O–H groups in total. The average molecular weight is 279 g/mol. The number of imidazole rings is 1. The zero-order chi connectivity index (χ0) is 13.2. The van der Waals surface area contributed by atoms with Gasteiger partial charge in [-0.2, -0.15) is 0 Å². The van der Waals surface area contributed by atoms with Gasteiger partial charge in [0.25, 0.3) is 0 Å². The van der Waals surface area contributed by atoms with Crippen LogP contribution in [0.4, 0.5) is 0 Å². The summed E-state index contributed by atoms with van der Waals surface area (Å²) in [6.45, 7) is 4.87. The molecule has 1 aliphatic rings. The molecule has 2 aromatic rings. The Morgan fingerprint density at radius 2 is 2.16 bits per heavy atom. The first kappa shape index (κ1) is 12.9. The maximum Gasteiger partial charge on any atom is 0.124 e. The minimum atomic E-state index is 0.470. The van der Waals surface area contributed by atoms with Crippen molar-refractivity contribution in [2.75, 3.05) is 13.2 Å². The second-order valence-electron chi connectivity index (χ2n) is 5.27. The number of hydrogen-bond acceptors (Lipinski definition) is 2. The Hall–Kier alpha value is -1.06. The fourth-order valence-electron chi connectivity index (χ4n) is 2.83. The Morgan fingerprint density at radius 3 is 2.89 bits per heavy atom. The molecule has 3 nitrogen and oxygen atoms in total. The molecule has 1 aliphatic heterocycles. The summed E-state index contributed by atoms with van der Waals surface area (Å²) in [5.41, 5.74) is 3.52. The molecule has 1 aromatic heterocycles. The maximum atomic E-state index is 6.07. The molecule has 0 amide bonds. The average Bonchev–Trinajstić information content (AvgIpc) is 2.80. The lowest BCUT2D eigenvalue weighted by Gasteiger charge is -2.23. The lowest BCUT2D eigenvalue weighted by atomic mass is 10.0. The molecule has 0 unspecified atom stereocenters. The lowest BCUT2D eigenvalue weighted by molar-refractivity contribution is 0.0614. The quantitative estimate of drug-likeness (QED) is 0.804. The Kier molecular flexibility index (Phi) is 3.76. The van der Waals surface area contributed by atoms with Crippen LogP contribution in [0.1, 0.15) is 24.2 Å². The number of benzene rings is 1. The number of halogens is 1. The van der Waals surface area contributed by atoms with Crippen molar-refractivity contribution in [1.82, 2.24) is 9.55 Å². The van der Waals surface area contributed by atoms with E-state index in [1.165, 1.54) is 11.1 Å². The summed E-state index contributed by atoms with van der Waals surface area (Å²) in [4.78, 5) is 4.70. The number of alkyl halides is 1. The van der Waals surface area contributed by atoms with Gasteiger partial charge in [0.2, 0.25) is 0 Å². The monoisotopic (exact) mass is 278 g/mol. The van der Waals surface area contributed by atoms with Crippen molar-refractivity contribution >= 4 is 22.6 Å². The highest BCUT2D eigenvalue weighted by Gasteiger charge is 2.18. The Morgan fingerprint density at radius 1 is 1.37 bits per heavy atom. The summed E-state index contributed by atoms with van der Waals surface area (Å²) >= 11 is 6.07. The molecule has 0 bridgehead atoms. The molecule has 102 valence electrons. The predicted octanol–water partition coefficient (Wildman–Crippen LogP) is 3.51. The topological polar surface area (TPSA) is 27.1 Å². The number of ether oxygens (including phenoxy) is 1. The number of fused-ring (bicyclic) bond motifs is 1. The highest BCUT2D eigenvalue weighted by atomic mass is 35.5. The lowest BCUT2D eigenvalue weighted by Crippen LogP contribution is -2.21. The molecular weight excluding hydrogens is 260 g/mol. The van der Waals surface area contributed by atoms with Gasteiger partial charge in [-0.3, -0.25) is 0 Å². The Bertz CT molecular complexity index is 573. The summed E-state index contributed by atoms with van der Waals surface area (Å²) in [7, 11) is 0.